The number of benzene rings is 4. The molecule has 4 heteroatoms. The van der Waals surface area contributed by atoms with Crippen LogP contribution < -0.4 is 9.47 Å². The zero-order valence-electron chi connectivity index (χ0n) is 14.9. The van der Waals surface area contributed by atoms with E-state index >= 15 is 0 Å². The minimum absolute atomic E-state index is 0.733. The van der Waals surface area contributed by atoms with Crippen LogP contribution in [0.4, 0.5) is 0 Å². The zero-order chi connectivity index (χ0) is 18.8. The molecule has 0 bridgehead atoms. The van der Waals surface area contributed by atoms with Gasteiger partial charge in [-0.05, 0) is 48.5 Å². The van der Waals surface area contributed by atoms with Crippen LogP contribution >= 0.6 is 0 Å². The molecule has 5 rings (SSSR count). The van der Waals surface area contributed by atoms with E-state index in [0.29, 0.717) is 0 Å². The Kier molecular flexibility index (Phi) is 4.07. The second kappa shape index (κ2) is 7.00. The van der Waals surface area contributed by atoms with E-state index in [0.717, 1.165) is 45.1 Å². The lowest BCUT2D eigenvalue weighted by Gasteiger charge is -2.08. The number of ether oxygens (including phenoxy) is 2. The predicted octanol–water partition coefficient (Wildman–Crippen LogP) is 6.37. The van der Waals surface area contributed by atoms with Crippen molar-refractivity contribution >= 4 is 22.1 Å². The lowest BCUT2D eigenvalue weighted by Crippen LogP contribution is -1.91. The summed E-state index contributed by atoms with van der Waals surface area (Å²) in [6.45, 7) is 0. The van der Waals surface area contributed by atoms with Crippen molar-refractivity contribution in [3.8, 4) is 23.0 Å². The number of hydrogen-bond acceptors (Lipinski definition) is 4. The van der Waals surface area contributed by atoms with Crippen LogP contribution in [0, 0.1) is 0 Å². The van der Waals surface area contributed by atoms with Crippen molar-refractivity contribution < 1.29 is 9.47 Å². The zero-order valence-corrected chi connectivity index (χ0v) is 14.9. The maximum absolute atomic E-state index is 5.90. The highest BCUT2D eigenvalue weighted by Crippen LogP contribution is 2.28. The molecule has 0 unspecified atom stereocenters. The Morgan fingerprint density at radius 2 is 0.821 bits per heavy atom. The van der Waals surface area contributed by atoms with Gasteiger partial charge < -0.3 is 9.47 Å². The van der Waals surface area contributed by atoms with Crippen molar-refractivity contribution in [3.05, 3.63) is 97.1 Å². The van der Waals surface area contributed by atoms with Crippen molar-refractivity contribution in [3.63, 3.8) is 0 Å². The van der Waals surface area contributed by atoms with Gasteiger partial charge >= 0.3 is 0 Å². The highest BCUT2D eigenvalue weighted by Gasteiger charge is 2.06. The number of hydrogen-bond donors (Lipinski definition) is 0. The molecule has 4 nitrogen and oxygen atoms in total. The Morgan fingerprint density at radius 1 is 0.393 bits per heavy atom. The minimum atomic E-state index is 0.733. The summed E-state index contributed by atoms with van der Waals surface area (Å²) >= 11 is 0. The molecule has 0 saturated heterocycles. The third-order valence-electron chi connectivity index (χ3n) is 4.33. The molecule has 1 heterocycles. The van der Waals surface area contributed by atoms with Gasteiger partial charge in [0.2, 0.25) is 0 Å². The number of nitrogens with zero attached hydrogens (tertiary/aromatic N) is 2. The average Bonchev–Trinajstić information content (AvgIpc) is 2.74. The average molecular weight is 364 g/mol. The molecule has 28 heavy (non-hydrogen) atoms. The fraction of sp³-hybridized carbons (Fsp3) is 0. The molecule has 0 fully saturated rings. The summed E-state index contributed by atoms with van der Waals surface area (Å²) < 4.78 is 11.8. The van der Waals surface area contributed by atoms with E-state index in [1.54, 1.807) is 0 Å². The van der Waals surface area contributed by atoms with Gasteiger partial charge in [-0.3, -0.25) is 0 Å². The molecule has 134 valence electrons. The minimum Gasteiger partial charge on any atom is -0.457 e. The van der Waals surface area contributed by atoms with Gasteiger partial charge in [-0.15, -0.1) is 0 Å². The Bertz CT molecular complexity index is 1150. The smallest absolute Gasteiger partial charge is 0.129 e. The quantitative estimate of drug-likeness (QED) is 0.348. The Morgan fingerprint density at radius 3 is 1.25 bits per heavy atom. The molecule has 0 saturated carbocycles. The van der Waals surface area contributed by atoms with Crippen molar-refractivity contribution in [1.29, 1.82) is 0 Å². The summed E-state index contributed by atoms with van der Waals surface area (Å²) in [6.07, 6.45) is 0. The predicted molar refractivity (Wildman–Crippen MR) is 110 cm³/mol. The standard InChI is InChI=1S/C24H16N2O2/c1-3-7-17(8-4-1)27-19-11-13-21-23(15-19)25-22-14-12-20(16-24(22)26-21)28-18-9-5-2-6-10-18/h1-16H. The van der Waals surface area contributed by atoms with Crippen LogP contribution in [0.1, 0.15) is 0 Å². The summed E-state index contributed by atoms with van der Waals surface area (Å²) in [5, 5.41) is 0. The van der Waals surface area contributed by atoms with Crippen LogP contribution in [0.2, 0.25) is 0 Å². The first-order chi connectivity index (χ1) is 13.8. The summed E-state index contributed by atoms with van der Waals surface area (Å²) in [7, 11) is 0. The van der Waals surface area contributed by atoms with Gasteiger partial charge in [0.1, 0.15) is 23.0 Å². The van der Waals surface area contributed by atoms with Gasteiger partial charge in [-0.25, -0.2) is 9.97 Å². The van der Waals surface area contributed by atoms with Crippen molar-refractivity contribution in [2.24, 2.45) is 0 Å². The SMILES string of the molecule is c1ccc(Oc2ccc3nc4cc(Oc5ccccc5)ccc4nc3c2)cc1. The monoisotopic (exact) mass is 364 g/mol. The second-order valence-electron chi connectivity index (χ2n) is 6.35. The number of para-hydroxylation sites is 2. The maximum atomic E-state index is 5.90. The summed E-state index contributed by atoms with van der Waals surface area (Å²) in [5.41, 5.74) is 3.20. The maximum Gasteiger partial charge on any atom is 0.129 e. The van der Waals surface area contributed by atoms with E-state index in [2.05, 4.69) is 0 Å². The van der Waals surface area contributed by atoms with Crippen LogP contribution in [0.15, 0.2) is 97.1 Å². The first-order valence-electron chi connectivity index (χ1n) is 9.01. The van der Waals surface area contributed by atoms with Gasteiger partial charge in [-0.2, -0.15) is 0 Å². The summed E-state index contributed by atoms with van der Waals surface area (Å²) in [5.74, 6) is 3.05. The molecule has 0 aliphatic heterocycles. The molecule has 5 aromatic rings. The van der Waals surface area contributed by atoms with E-state index in [4.69, 9.17) is 19.4 Å². The molecular formula is C24H16N2O2. The first-order valence-corrected chi connectivity index (χ1v) is 9.01. The summed E-state index contributed by atoms with van der Waals surface area (Å²) in [6, 6.07) is 30.8. The van der Waals surface area contributed by atoms with E-state index in [-0.39, 0.29) is 0 Å². The van der Waals surface area contributed by atoms with Gasteiger partial charge in [0.25, 0.3) is 0 Å². The second-order valence-corrected chi connectivity index (χ2v) is 6.35. The van der Waals surface area contributed by atoms with Crippen LogP contribution in [0.25, 0.3) is 22.1 Å². The molecule has 4 aromatic carbocycles. The highest BCUT2D eigenvalue weighted by atomic mass is 16.5. The topological polar surface area (TPSA) is 44.2 Å². The Labute approximate surface area is 162 Å². The first kappa shape index (κ1) is 16.3. The van der Waals surface area contributed by atoms with E-state index in [1.807, 2.05) is 97.1 Å². The molecule has 1 aromatic heterocycles. The molecule has 0 radical (unpaired) electrons. The van der Waals surface area contributed by atoms with Gasteiger partial charge in [0, 0.05) is 12.1 Å². The van der Waals surface area contributed by atoms with Crippen LogP contribution in [-0.2, 0) is 0 Å². The molecule has 0 spiro atoms. The third-order valence-corrected chi connectivity index (χ3v) is 4.33. The molecule has 0 atom stereocenters. The normalized spacial score (nSPS) is 10.9. The Hall–Kier alpha value is -3.92. The van der Waals surface area contributed by atoms with Crippen molar-refractivity contribution in [1.82, 2.24) is 9.97 Å². The van der Waals surface area contributed by atoms with E-state index < -0.39 is 0 Å². The number of aromatic nitrogens is 2. The molecule has 0 amide bonds. The Balaban J connectivity index is 1.48. The van der Waals surface area contributed by atoms with Gasteiger partial charge in [0.15, 0.2) is 0 Å². The summed E-state index contributed by atoms with van der Waals surface area (Å²) in [4.78, 5) is 9.46. The fourth-order valence-corrected chi connectivity index (χ4v) is 3.01. The van der Waals surface area contributed by atoms with Gasteiger partial charge in [-0.1, -0.05) is 36.4 Å². The van der Waals surface area contributed by atoms with E-state index in [9.17, 15) is 0 Å². The largest absolute Gasteiger partial charge is 0.457 e. The molecule has 0 N–H and O–H groups in total. The van der Waals surface area contributed by atoms with Crippen molar-refractivity contribution in [2.75, 3.05) is 0 Å². The highest BCUT2D eigenvalue weighted by molar-refractivity contribution is 5.87. The molecular weight excluding hydrogens is 348 g/mol. The van der Waals surface area contributed by atoms with Crippen LogP contribution in [0.5, 0.6) is 23.0 Å². The number of fused-ring (bicyclic) bond motifs is 2. The van der Waals surface area contributed by atoms with Crippen LogP contribution in [0.3, 0.4) is 0 Å². The third kappa shape index (κ3) is 3.35. The lowest BCUT2D eigenvalue weighted by atomic mass is 10.2. The molecule has 0 aliphatic carbocycles. The lowest BCUT2D eigenvalue weighted by molar-refractivity contribution is 0.483. The molecule has 0 aliphatic rings. The number of rotatable bonds is 4. The van der Waals surface area contributed by atoms with Crippen molar-refractivity contribution in [2.45, 2.75) is 0 Å². The van der Waals surface area contributed by atoms with Gasteiger partial charge in [0.05, 0.1) is 22.1 Å². The fourth-order valence-electron chi connectivity index (χ4n) is 3.01. The van der Waals surface area contributed by atoms with E-state index in [1.165, 1.54) is 0 Å². The van der Waals surface area contributed by atoms with Crippen LogP contribution in [-0.4, -0.2) is 9.97 Å².